The number of amides is 5. The molecule has 5 amide bonds. The number of aliphatic carboxylic acids is 1. The summed E-state index contributed by atoms with van der Waals surface area (Å²) >= 11 is 0. The molecule has 0 spiro atoms. The third-order valence-corrected chi connectivity index (χ3v) is 7.24. The summed E-state index contributed by atoms with van der Waals surface area (Å²) in [5.41, 5.74) is 7.00. The second-order valence-corrected chi connectivity index (χ2v) is 11.5. The smallest absolute Gasteiger partial charge is 0.417 e. The normalized spacial score (nSPS) is 13.2. The van der Waals surface area contributed by atoms with E-state index >= 15 is 0 Å². The Bertz CT molecular complexity index is 1430. The minimum absolute atomic E-state index is 0.0955. The molecule has 0 radical (unpaired) electrons. The predicted octanol–water partition coefficient (Wildman–Crippen LogP) is 2.02. The first-order valence-corrected chi connectivity index (χ1v) is 15.6. The van der Waals surface area contributed by atoms with E-state index in [1.165, 1.54) is 6.92 Å². The van der Waals surface area contributed by atoms with Gasteiger partial charge in [0.05, 0.1) is 12.5 Å². The molecule has 0 saturated heterocycles. The second-order valence-electron chi connectivity index (χ2n) is 11.5. The Balaban J connectivity index is 2.51. The first-order valence-electron chi connectivity index (χ1n) is 15.6. The van der Waals surface area contributed by atoms with Crippen molar-refractivity contribution >= 4 is 35.7 Å². The number of unbranched alkanes of at least 4 members (excludes halogenated alkanes) is 1. The van der Waals surface area contributed by atoms with Crippen molar-refractivity contribution in [3.05, 3.63) is 71.8 Å². The number of hydrogen-bond acceptors (Lipinski definition) is 9. The van der Waals surface area contributed by atoms with Crippen molar-refractivity contribution in [2.75, 3.05) is 6.54 Å². The molecular formula is C34H44N6O8. The summed E-state index contributed by atoms with van der Waals surface area (Å²) in [6.45, 7) is 4.51. The maximum atomic E-state index is 14.3. The second kappa shape index (κ2) is 20.1. The zero-order valence-electron chi connectivity index (χ0n) is 27.4. The molecular weight excluding hydrogens is 620 g/mol. The van der Waals surface area contributed by atoms with Gasteiger partial charge in [-0.25, -0.2) is 9.69 Å². The maximum Gasteiger partial charge on any atom is 0.417 e. The Hall–Kier alpha value is -5.29. The summed E-state index contributed by atoms with van der Waals surface area (Å²) in [4.78, 5) is 79.3. The van der Waals surface area contributed by atoms with Crippen LogP contribution in [0.2, 0.25) is 0 Å². The van der Waals surface area contributed by atoms with E-state index < -0.39 is 72.2 Å². The van der Waals surface area contributed by atoms with Gasteiger partial charge in [-0.15, -0.1) is 0 Å². The molecule has 0 heterocycles. The standard InChI is InChI=1S/C34H44N6O8/c1-22(2)30(39-31(44)27(37-23(3)41)18-24-12-6-4-7-13-24)33(46)40(34(47)48-21-25-14-8-5-9-15-25)28(16-10-11-17-35)32(45)38-26(20-36)19-29(42)43/h4-9,12-15,22,26-28,30H,10-11,16-19,21,35H2,1-3H3,(H,37,41)(H,38,45)(H,39,44)(H,42,43)/t26?,27-,28-,30-/m0/s1. The lowest BCUT2D eigenvalue weighted by Gasteiger charge is -2.34. The molecule has 2 aromatic rings. The van der Waals surface area contributed by atoms with Crippen molar-refractivity contribution in [2.45, 2.75) is 83.6 Å². The van der Waals surface area contributed by atoms with Gasteiger partial charge in [0, 0.05) is 13.3 Å². The SMILES string of the molecule is CC(=O)N[C@@H](Cc1ccccc1)C(=O)N[C@H](C(=O)N(C(=O)OCc1ccccc1)[C@@H](CCCCN)C(=O)NC(C#N)CC(=O)O)C(C)C. The molecule has 48 heavy (non-hydrogen) atoms. The summed E-state index contributed by atoms with van der Waals surface area (Å²) in [6, 6.07) is 13.8. The van der Waals surface area contributed by atoms with Gasteiger partial charge in [0.1, 0.15) is 30.8 Å². The van der Waals surface area contributed by atoms with E-state index in [1.807, 2.05) is 0 Å². The highest BCUT2D eigenvalue weighted by molar-refractivity contribution is 6.02. The Kier molecular flexibility index (Phi) is 16.2. The zero-order valence-corrected chi connectivity index (χ0v) is 27.4. The maximum absolute atomic E-state index is 14.3. The molecule has 0 aliphatic rings. The number of nitriles is 1. The van der Waals surface area contributed by atoms with Crippen LogP contribution in [0.1, 0.15) is 57.6 Å². The fraction of sp³-hybridized carbons (Fsp3) is 0.441. The van der Waals surface area contributed by atoms with Gasteiger partial charge in [0.15, 0.2) is 0 Å². The van der Waals surface area contributed by atoms with E-state index in [2.05, 4.69) is 16.0 Å². The summed E-state index contributed by atoms with van der Waals surface area (Å²) < 4.78 is 5.49. The molecule has 2 aromatic carbocycles. The summed E-state index contributed by atoms with van der Waals surface area (Å²) in [5, 5.41) is 26.2. The lowest BCUT2D eigenvalue weighted by molar-refractivity contribution is -0.143. The van der Waals surface area contributed by atoms with Crippen LogP contribution in [-0.4, -0.2) is 76.4 Å². The van der Waals surface area contributed by atoms with Crippen molar-refractivity contribution in [3.8, 4) is 6.07 Å². The molecule has 258 valence electrons. The van der Waals surface area contributed by atoms with Gasteiger partial charge in [-0.05, 0) is 42.9 Å². The van der Waals surface area contributed by atoms with Gasteiger partial charge in [-0.3, -0.25) is 24.0 Å². The van der Waals surface area contributed by atoms with E-state index in [1.54, 1.807) is 80.6 Å². The van der Waals surface area contributed by atoms with E-state index in [0.717, 1.165) is 5.56 Å². The number of imide groups is 1. The molecule has 4 atom stereocenters. The van der Waals surface area contributed by atoms with Crippen LogP contribution in [0.5, 0.6) is 0 Å². The van der Waals surface area contributed by atoms with E-state index in [-0.39, 0.29) is 32.4 Å². The largest absolute Gasteiger partial charge is 0.481 e. The van der Waals surface area contributed by atoms with Crippen LogP contribution in [0.25, 0.3) is 0 Å². The highest BCUT2D eigenvalue weighted by Crippen LogP contribution is 2.18. The summed E-state index contributed by atoms with van der Waals surface area (Å²) in [7, 11) is 0. The van der Waals surface area contributed by atoms with Crippen LogP contribution in [0.15, 0.2) is 60.7 Å². The number of hydrogen-bond donors (Lipinski definition) is 5. The lowest BCUT2D eigenvalue weighted by atomic mass is 9.98. The van der Waals surface area contributed by atoms with Crippen LogP contribution in [-0.2, 0) is 41.7 Å². The summed E-state index contributed by atoms with van der Waals surface area (Å²) in [5.74, 6) is -5.07. The Morgan fingerprint density at radius 3 is 2.02 bits per heavy atom. The molecule has 0 aromatic heterocycles. The minimum Gasteiger partial charge on any atom is -0.481 e. The van der Waals surface area contributed by atoms with Crippen LogP contribution in [0.3, 0.4) is 0 Å². The third kappa shape index (κ3) is 12.8. The number of benzene rings is 2. The van der Waals surface area contributed by atoms with Gasteiger partial charge in [-0.2, -0.15) is 5.26 Å². The Morgan fingerprint density at radius 2 is 1.50 bits per heavy atom. The van der Waals surface area contributed by atoms with E-state index in [0.29, 0.717) is 16.9 Å². The molecule has 6 N–H and O–H groups in total. The molecule has 0 fully saturated rings. The molecule has 0 aliphatic carbocycles. The van der Waals surface area contributed by atoms with Gasteiger partial charge >= 0.3 is 12.1 Å². The lowest BCUT2D eigenvalue weighted by Crippen LogP contribution is -2.61. The number of nitrogens with two attached hydrogens (primary N) is 1. The average Bonchev–Trinajstić information content (AvgIpc) is 3.05. The minimum atomic E-state index is -1.55. The van der Waals surface area contributed by atoms with Crippen molar-refractivity contribution in [1.29, 1.82) is 5.26 Å². The van der Waals surface area contributed by atoms with Crippen LogP contribution >= 0.6 is 0 Å². The molecule has 0 aliphatic heterocycles. The van der Waals surface area contributed by atoms with Crippen LogP contribution in [0.4, 0.5) is 4.79 Å². The topological polar surface area (TPSA) is 221 Å². The number of rotatable bonds is 18. The summed E-state index contributed by atoms with van der Waals surface area (Å²) in [6.07, 6.45) is -1.20. The number of carboxylic acids is 1. The number of nitrogens with zero attached hydrogens (tertiary/aromatic N) is 2. The average molecular weight is 665 g/mol. The molecule has 14 heteroatoms. The van der Waals surface area contributed by atoms with Crippen LogP contribution < -0.4 is 21.7 Å². The molecule has 0 saturated carbocycles. The zero-order chi connectivity index (χ0) is 35.6. The molecule has 2 rings (SSSR count). The number of carbonyl (C=O) groups excluding carboxylic acids is 5. The monoisotopic (exact) mass is 664 g/mol. The number of ether oxygens (including phenoxy) is 1. The van der Waals surface area contributed by atoms with Crippen molar-refractivity contribution in [3.63, 3.8) is 0 Å². The van der Waals surface area contributed by atoms with Crippen LogP contribution in [0, 0.1) is 17.2 Å². The predicted molar refractivity (Wildman–Crippen MR) is 174 cm³/mol. The van der Waals surface area contributed by atoms with E-state index in [4.69, 9.17) is 10.5 Å². The number of carbonyl (C=O) groups is 6. The highest BCUT2D eigenvalue weighted by atomic mass is 16.6. The van der Waals surface area contributed by atoms with Gasteiger partial charge in [0.2, 0.25) is 17.7 Å². The van der Waals surface area contributed by atoms with Crippen molar-refractivity contribution in [2.24, 2.45) is 11.7 Å². The fourth-order valence-corrected chi connectivity index (χ4v) is 4.81. The molecule has 1 unspecified atom stereocenters. The van der Waals surface area contributed by atoms with Gasteiger partial charge in [0.25, 0.3) is 5.91 Å². The number of carboxylic acid groups (broad SMARTS) is 1. The van der Waals surface area contributed by atoms with Gasteiger partial charge in [-0.1, -0.05) is 74.5 Å². The van der Waals surface area contributed by atoms with Gasteiger partial charge < -0.3 is 31.5 Å². The first-order chi connectivity index (χ1) is 22.9. The Morgan fingerprint density at radius 1 is 0.896 bits per heavy atom. The Labute approximate surface area is 280 Å². The quantitative estimate of drug-likeness (QED) is 0.146. The molecule has 0 bridgehead atoms. The van der Waals surface area contributed by atoms with E-state index in [9.17, 15) is 39.1 Å². The first kappa shape index (κ1) is 38.9. The fourth-order valence-electron chi connectivity index (χ4n) is 4.81. The molecule has 14 nitrogen and oxygen atoms in total. The third-order valence-electron chi connectivity index (χ3n) is 7.24. The number of nitrogens with one attached hydrogen (secondary N) is 3. The highest BCUT2D eigenvalue weighted by Gasteiger charge is 2.41. The van der Waals surface area contributed by atoms with Crippen molar-refractivity contribution in [1.82, 2.24) is 20.9 Å². The van der Waals surface area contributed by atoms with Crippen molar-refractivity contribution < 1.29 is 38.6 Å².